The van der Waals surface area contributed by atoms with E-state index in [4.69, 9.17) is 21.7 Å². The highest BCUT2D eigenvalue weighted by atomic mass is 32.1. The summed E-state index contributed by atoms with van der Waals surface area (Å²) in [6.07, 6.45) is 0. The van der Waals surface area contributed by atoms with Gasteiger partial charge in [-0.2, -0.15) is 0 Å². The lowest BCUT2D eigenvalue weighted by Crippen LogP contribution is -2.28. The Morgan fingerprint density at radius 3 is 2.77 bits per heavy atom. The van der Waals surface area contributed by atoms with Crippen LogP contribution in [-0.4, -0.2) is 11.9 Å². The van der Waals surface area contributed by atoms with E-state index < -0.39 is 11.6 Å². The number of anilines is 1. The van der Waals surface area contributed by atoms with E-state index in [-0.39, 0.29) is 18.9 Å². The predicted molar refractivity (Wildman–Crippen MR) is 82.0 cm³/mol. The molecule has 22 heavy (non-hydrogen) atoms. The van der Waals surface area contributed by atoms with Crippen LogP contribution in [-0.2, 0) is 6.54 Å². The van der Waals surface area contributed by atoms with Gasteiger partial charge in [-0.3, -0.25) is 0 Å². The smallest absolute Gasteiger partial charge is 0.231 e. The van der Waals surface area contributed by atoms with Crippen molar-refractivity contribution in [1.82, 2.24) is 5.32 Å². The average Bonchev–Trinajstić information content (AvgIpc) is 2.96. The largest absolute Gasteiger partial charge is 0.454 e. The minimum Gasteiger partial charge on any atom is -0.454 e. The maximum Gasteiger partial charge on any atom is 0.231 e. The van der Waals surface area contributed by atoms with E-state index in [1.807, 2.05) is 0 Å². The fourth-order valence-electron chi connectivity index (χ4n) is 2.00. The van der Waals surface area contributed by atoms with E-state index in [2.05, 4.69) is 10.6 Å². The van der Waals surface area contributed by atoms with Gasteiger partial charge in [-0.05, 0) is 42.5 Å². The Kier molecular flexibility index (Phi) is 4.06. The maximum atomic E-state index is 13.5. The first-order chi connectivity index (χ1) is 10.6. The van der Waals surface area contributed by atoms with Crippen LogP contribution in [0.3, 0.4) is 0 Å². The Hall–Kier alpha value is -2.41. The van der Waals surface area contributed by atoms with Crippen LogP contribution >= 0.6 is 12.2 Å². The lowest BCUT2D eigenvalue weighted by atomic mass is 10.2. The second-order valence-electron chi connectivity index (χ2n) is 4.61. The minimum atomic E-state index is -0.493. The molecule has 114 valence electrons. The molecule has 0 amide bonds. The first kappa shape index (κ1) is 14.5. The van der Waals surface area contributed by atoms with E-state index in [1.165, 1.54) is 0 Å². The fraction of sp³-hybridized carbons (Fsp3) is 0.133. The van der Waals surface area contributed by atoms with E-state index in [1.54, 1.807) is 18.2 Å². The van der Waals surface area contributed by atoms with Crippen molar-refractivity contribution in [3.8, 4) is 11.5 Å². The molecular weight excluding hydrogens is 310 g/mol. The first-order valence-corrected chi connectivity index (χ1v) is 6.91. The molecule has 0 aromatic heterocycles. The average molecular weight is 322 g/mol. The lowest BCUT2D eigenvalue weighted by Gasteiger charge is -2.11. The number of nitrogens with one attached hydrogen (secondary N) is 2. The summed E-state index contributed by atoms with van der Waals surface area (Å²) in [5.41, 5.74) is 0.913. The molecule has 0 atom stereocenters. The van der Waals surface area contributed by atoms with Crippen molar-refractivity contribution in [3.63, 3.8) is 0 Å². The molecule has 0 spiro atoms. The van der Waals surface area contributed by atoms with Crippen molar-refractivity contribution in [1.29, 1.82) is 0 Å². The Bertz CT molecular complexity index is 725. The predicted octanol–water partition coefficient (Wildman–Crippen LogP) is 3.18. The van der Waals surface area contributed by atoms with E-state index in [0.29, 0.717) is 22.3 Å². The van der Waals surface area contributed by atoms with Gasteiger partial charge in [-0.25, -0.2) is 8.78 Å². The zero-order valence-corrected chi connectivity index (χ0v) is 12.2. The summed E-state index contributed by atoms with van der Waals surface area (Å²) in [5, 5.41) is 6.06. The van der Waals surface area contributed by atoms with Crippen molar-refractivity contribution in [2.45, 2.75) is 6.54 Å². The molecular formula is C15H12F2N2O2S. The van der Waals surface area contributed by atoms with Gasteiger partial charge in [0.15, 0.2) is 16.6 Å². The van der Waals surface area contributed by atoms with Gasteiger partial charge >= 0.3 is 0 Å². The standard InChI is InChI=1S/C15H12F2N2O2S/c16-10-1-3-12(17)9(5-10)7-18-15(22)19-11-2-4-13-14(6-11)21-8-20-13/h1-6H,7-8H2,(H2,18,19,22). The molecule has 4 nitrogen and oxygen atoms in total. The Balaban J connectivity index is 1.59. The van der Waals surface area contributed by atoms with Crippen molar-refractivity contribution >= 4 is 23.0 Å². The summed E-state index contributed by atoms with van der Waals surface area (Å²) in [4.78, 5) is 0. The van der Waals surface area contributed by atoms with Gasteiger partial charge in [-0.1, -0.05) is 0 Å². The van der Waals surface area contributed by atoms with Crippen molar-refractivity contribution in [3.05, 3.63) is 53.6 Å². The quantitative estimate of drug-likeness (QED) is 0.850. The van der Waals surface area contributed by atoms with Gasteiger partial charge < -0.3 is 20.1 Å². The molecule has 0 bridgehead atoms. The number of hydrogen-bond donors (Lipinski definition) is 2. The van der Waals surface area contributed by atoms with Crippen LogP contribution in [0.4, 0.5) is 14.5 Å². The summed E-state index contributed by atoms with van der Waals surface area (Å²) < 4.78 is 37.0. The van der Waals surface area contributed by atoms with Gasteiger partial charge in [0.2, 0.25) is 6.79 Å². The molecule has 2 aromatic carbocycles. The molecule has 3 rings (SSSR count). The van der Waals surface area contributed by atoms with Crippen molar-refractivity contribution in [2.24, 2.45) is 0 Å². The number of hydrogen-bond acceptors (Lipinski definition) is 3. The summed E-state index contributed by atoms with van der Waals surface area (Å²) in [5.74, 6) is 0.322. The number of rotatable bonds is 3. The number of halogens is 2. The van der Waals surface area contributed by atoms with Crippen LogP contribution in [0.1, 0.15) is 5.56 Å². The van der Waals surface area contributed by atoms with Crippen LogP contribution in [0, 0.1) is 11.6 Å². The molecule has 7 heteroatoms. The third-order valence-electron chi connectivity index (χ3n) is 3.08. The minimum absolute atomic E-state index is 0.0833. The highest BCUT2D eigenvalue weighted by molar-refractivity contribution is 7.80. The summed E-state index contributed by atoms with van der Waals surface area (Å²) >= 11 is 5.13. The zero-order chi connectivity index (χ0) is 15.5. The number of ether oxygens (including phenoxy) is 2. The van der Waals surface area contributed by atoms with Crippen molar-refractivity contribution < 1.29 is 18.3 Å². The van der Waals surface area contributed by atoms with Crippen LogP contribution in [0.2, 0.25) is 0 Å². The Labute approximate surface area is 131 Å². The van der Waals surface area contributed by atoms with E-state index in [9.17, 15) is 8.78 Å². The molecule has 0 saturated carbocycles. The van der Waals surface area contributed by atoms with Crippen molar-refractivity contribution in [2.75, 3.05) is 12.1 Å². The number of benzene rings is 2. The topological polar surface area (TPSA) is 42.5 Å². The third-order valence-corrected chi connectivity index (χ3v) is 3.32. The number of thiocarbonyl (C=S) groups is 1. The molecule has 2 N–H and O–H groups in total. The van der Waals surface area contributed by atoms with Gasteiger partial charge in [-0.15, -0.1) is 0 Å². The second-order valence-corrected chi connectivity index (χ2v) is 5.02. The molecule has 0 aliphatic carbocycles. The summed E-state index contributed by atoms with van der Waals surface area (Å²) in [7, 11) is 0. The lowest BCUT2D eigenvalue weighted by molar-refractivity contribution is 0.174. The van der Waals surface area contributed by atoms with Gasteiger partial charge in [0.1, 0.15) is 11.6 Å². The molecule has 0 saturated heterocycles. The normalized spacial score (nSPS) is 12.1. The van der Waals surface area contributed by atoms with Crippen LogP contribution < -0.4 is 20.1 Å². The maximum absolute atomic E-state index is 13.5. The first-order valence-electron chi connectivity index (χ1n) is 6.50. The Morgan fingerprint density at radius 2 is 1.91 bits per heavy atom. The highest BCUT2D eigenvalue weighted by Crippen LogP contribution is 2.34. The molecule has 1 aliphatic rings. The SMILES string of the molecule is Fc1ccc(F)c(CNC(=S)Nc2ccc3c(c2)OCO3)c1. The second kappa shape index (κ2) is 6.15. The van der Waals surface area contributed by atoms with Crippen LogP contribution in [0.5, 0.6) is 11.5 Å². The highest BCUT2D eigenvalue weighted by Gasteiger charge is 2.13. The molecule has 1 heterocycles. The monoisotopic (exact) mass is 322 g/mol. The zero-order valence-electron chi connectivity index (χ0n) is 11.4. The summed E-state index contributed by atoms with van der Waals surface area (Å²) in [6.45, 7) is 0.278. The number of fused-ring (bicyclic) bond motifs is 1. The molecule has 1 aliphatic heterocycles. The van der Waals surface area contributed by atoms with E-state index in [0.717, 1.165) is 18.2 Å². The van der Waals surface area contributed by atoms with Gasteiger partial charge in [0.05, 0.1) is 0 Å². The third kappa shape index (κ3) is 3.25. The molecule has 0 radical (unpaired) electrons. The fourth-order valence-corrected chi connectivity index (χ4v) is 2.19. The van der Waals surface area contributed by atoms with Gasteiger partial charge in [0.25, 0.3) is 0 Å². The molecule has 0 fully saturated rings. The van der Waals surface area contributed by atoms with Crippen LogP contribution in [0.15, 0.2) is 36.4 Å². The molecule has 2 aromatic rings. The summed E-state index contributed by atoms with van der Waals surface area (Å²) in [6, 6.07) is 8.58. The molecule has 0 unspecified atom stereocenters. The van der Waals surface area contributed by atoms with Gasteiger partial charge in [0, 0.05) is 23.9 Å². The van der Waals surface area contributed by atoms with E-state index >= 15 is 0 Å². The van der Waals surface area contributed by atoms with Crippen LogP contribution in [0.25, 0.3) is 0 Å². The Morgan fingerprint density at radius 1 is 1.09 bits per heavy atom.